The van der Waals surface area contributed by atoms with Gasteiger partial charge in [0.15, 0.2) is 0 Å². The fraction of sp³-hybridized carbons (Fsp3) is 0. The standard InChI is InChI=1S/C10H7Cl2N3O/c11-6-4-2-1-3-5(6)8-7(12)9(16)15-10(13)14-8/h1-4H,(H3,13,14,15,16). The van der Waals surface area contributed by atoms with Crippen molar-refractivity contribution in [3.63, 3.8) is 0 Å². The summed E-state index contributed by atoms with van der Waals surface area (Å²) in [7, 11) is 0. The van der Waals surface area contributed by atoms with Gasteiger partial charge in [-0.05, 0) is 6.07 Å². The summed E-state index contributed by atoms with van der Waals surface area (Å²) in [5.41, 5.74) is 5.83. The molecule has 0 aliphatic carbocycles. The smallest absolute Gasteiger partial charge is 0.271 e. The summed E-state index contributed by atoms with van der Waals surface area (Å²) >= 11 is 11.8. The first-order valence-corrected chi connectivity index (χ1v) is 5.15. The minimum Gasteiger partial charge on any atom is -0.369 e. The number of nitrogens with one attached hydrogen (secondary N) is 1. The number of benzene rings is 1. The average Bonchev–Trinajstić information content (AvgIpc) is 2.24. The number of nitrogens with two attached hydrogens (primary N) is 1. The third kappa shape index (κ3) is 1.89. The van der Waals surface area contributed by atoms with Crippen molar-refractivity contribution in [1.29, 1.82) is 0 Å². The van der Waals surface area contributed by atoms with E-state index in [4.69, 9.17) is 28.9 Å². The van der Waals surface area contributed by atoms with E-state index in [1.54, 1.807) is 24.3 Å². The van der Waals surface area contributed by atoms with Crippen LogP contribution >= 0.6 is 23.2 Å². The molecule has 0 amide bonds. The summed E-state index contributed by atoms with van der Waals surface area (Å²) in [6.07, 6.45) is 0. The molecular weight excluding hydrogens is 249 g/mol. The largest absolute Gasteiger partial charge is 0.369 e. The summed E-state index contributed by atoms with van der Waals surface area (Å²) in [5, 5.41) is 0.434. The molecule has 0 spiro atoms. The molecule has 0 saturated heterocycles. The van der Waals surface area contributed by atoms with Crippen LogP contribution in [-0.2, 0) is 0 Å². The van der Waals surface area contributed by atoms with Gasteiger partial charge >= 0.3 is 0 Å². The molecule has 16 heavy (non-hydrogen) atoms. The Hall–Kier alpha value is -1.52. The van der Waals surface area contributed by atoms with Crippen LogP contribution in [0.1, 0.15) is 0 Å². The normalized spacial score (nSPS) is 10.4. The maximum absolute atomic E-state index is 11.4. The second-order valence-corrected chi connectivity index (χ2v) is 3.88. The van der Waals surface area contributed by atoms with Crippen LogP contribution in [0.2, 0.25) is 10.0 Å². The molecule has 6 heteroatoms. The van der Waals surface area contributed by atoms with Gasteiger partial charge in [-0.1, -0.05) is 41.4 Å². The first-order chi connectivity index (χ1) is 7.59. The van der Waals surface area contributed by atoms with Crippen LogP contribution in [0.4, 0.5) is 5.95 Å². The summed E-state index contributed by atoms with van der Waals surface area (Å²) < 4.78 is 0. The van der Waals surface area contributed by atoms with Crippen molar-refractivity contribution >= 4 is 29.2 Å². The highest BCUT2D eigenvalue weighted by Crippen LogP contribution is 2.29. The Balaban J connectivity index is 2.74. The molecule has 82 valence electrons. The first kappa shape index (κ1) is 11.0. The molecule has 2 rings (SSSR count). The van der Waals surface area contributed by atoms with Crippen molar-refractivity contribution in [2.45, 2.75) is 0 Å². The molecule has 2 aromatic rings. The third-order valence-electron chi connectivity index (χ3n) is 2.01. The van der Waals surface area contributed by atoms with E-state index in [0.717, 1.165) is 0 Å². The fourth-order valence-electron chi connectivity index (χ4n) is 1.31. The maximum atomic E-state index is 11.4. The number of halogens is 2. The highest BCUT2D eigenvalue weighted by molar-refractivity contribution is 6.36. The summed E-state index contributed by atoms with van der Waals surface area (Å²) in [6.45, 7) is 0. The number of nitrogens with zero attached hydrogens (tertiary/aromatic N) is 1. The van der Waals surface area contributed by atoms with Crippen molar-refractivity contribution in [3.05, 3.63) is 44.7 Å². The van der Waals surface area contributed by atoms with Gasteiger partial charge in [-0.15, -0.1) is 0 Å². The third-order valence-corrected chi connectivity index (χ3v) is 2.69. The highest BCUT2D eigenvalue weighted by atomic mass is 35.5. The Bertz CT molecular complexity index is 595. The Morgan fingerprint density at radius 3 is 2.62 bits per heavy atom. The van der Waals surface area contributed by atoms with Crippen LogP contribution in [0.5, 0.6) is 0 Å². The molecule has 0 radical (unpaired) electrons. The van der Waals surface area contributed by atoms with Crippen molar-refractivity contribution in [3.8, 4) is 11.3 Å². The van der Waals surface area contributed by atoms with E-state index < -0.39 is 5.56 Å². The van der Waals surface area contributed by atoms with E-state index in [-0.39, 0.29) is 16.7 Å². The van der Waals surface area contributed by atoms with E-state index >= 15 is 0 Å². The molecule has 0 unspecified atom stereocenters. The summed E-state index contributed by atoms with van der Waals surface area (Å²) in [6, 6.07) is 6.95. The number of H-pyrrole nitrogens is 1. The summed E-state index contributed by atoms with van der Waals surface area (Å²) in [4.78, 5) is 17.7. The molecule has 0 aliphatic rings. The molecule has 0 bridgehead atoms. The second-order valence-electron chi connectivity index (χ2n) is 3.09. The van der Waals surface area contributed by atoms with E-state index in [0.29, 0.717) is 10.6 Å². The molecule has 3 N–H and O–H groups in total. The van der Waals surface area contributed by atoms with Crippen LogP contribution in [0.15, 0.2) is 29.1 Å². The first-order valence-electron chi connectivity index (χ1n) is 4.40. The lowest BCUT2D eigenvalue weighted by Crippen LogP contribution is -2.12. The van der Waals surface area contributed by atoms with Gasteiger partial charge in [0.25, 0.3) is 5.56 Å². The second kappa shape index (κ2) is 4.15. The zero-order valence-electron chi connectivity index (χ0n) is 8.00. The minimum absolute atomic E-state index is 0.00400. The monoisotopic (exact) mass is 255 g/mol. The number of aromatic nitrogens is 2. The van der Waals surface area contributed by atoms with Gasteiger partial charge in [-0.2, -0.15) is 0 Å². The number of rotatable bonds is 1. The zero-order valence-corrected chi connectivity index (χ0v) is 9.51. The lowest BCUT2D eigenvalue weighted by atomic mass is 10.1. The van der Waals surface area contributed by atoms with E-state index in [9.17, 15) is 4.79 Å². The van der Waals surface area contributed by atoms with Gasteiger partial charge in [0, 0.05) is 5.56 Å². The predicted molar refractivity (Wildman–Crippen MR) is 64.7 cm³/mol. The van der Waals surface area contributed by atoms with Gasteiger partial charge in [-0.25, -0.2) is 4.98 Å². The fourth-order valence-corrected chi connectivity index (χ4v) is 1.72. The molecular formula is C10H7Cl2N3O. The van der Waals surface area contributed by atoms with Crippen LogP contribution in [0.25, 0.3) is 11.3 Å². The SMILES string of the molecule is Nc1nc(-c2ccccc2Cl)c(Cl)c(=O)[nH]1. The number of hydrogen-bond donors (Lipinski definition) is 2. The lowest BCUT2D eigenvalue weighted by Gasteiger charge is -2.05. The van der Waals surface area contributed by atoms with Gasteiger partial charge in [-0.3, -0.25) is 9.78 Å². The van der Waals surface area contributed by atoms with Gasteiger partial charge in [0.1, 0.15) is 5.02 Å². The van der Waals surface area contributed by atoms with Crippen molar-refractivity contribution < 1.29 is 0 Å². The maximum Gasteiger partial charge on any atom is 0.271 e. The van der Waals surface area contributed by atoms with E-state index in [1.165, 1.54) is 0 Å². The van der Waals surface area contributed by atoms with Crippen LogP contribution in [-0.4, -0.2) is 9.97 Å². The molecule has 0 fully saturated rings. The minimum atomic E-state index is -0.482. The van der Waals surface area contributed by atoms with E-state index in [1.807, 2.05) is 0 Å². The molecule has 1 aromatic heterocycles. The van der Waals surface area contributed by atoms with E-state index in [2.05, 4.69) is 9.97 Å². The molecule has 1 aromatic carbocycles. The van der Waals surface area contributed by atoms with Crippen molar-refractivity contribution in [2.75, 3.05) is 5.73 Å². The van der Waals surface area contributed by atoms with Crippen molar-refractivity contribution in [1.82, 2.24) is 9.97 Å². The molecule has 4 nitrogen and oxygen atoms in total. The van der Waals surface area contributed by atoms with Crippen LogP contribution in [0.3, 0.4) is 0 Å². The molecule has 0 atom stereocenters. The topological polar surface area (TPSA) is 71.8 Å². The Morgan fingerprint density at radius 2 is 1.94 bits per heavy atom. The zero-order chi connectivity index (χ0) is 11.7. The Kier molecular flexibility index (Phi) is 2.85. The molecule has 1 heterocycles. The van der Waals surface area contributed by atoms with Crippen molar-refractivity contribution in [2.24, 2.45) is 0 Å². The Morgan fingerprint density at radius 1 is 1.25 bits per heavy atom. The quantitative estimate of drug-likeness (QED) is 0.822. The summed E-state index contributed by atoms with van der Waals surface area (Å²) in [5.74, 6) is 0.00400. The average molecular weight is 256 g/mol. The molecule has 0 saturated carbocycles. The van der Waals surface area contributed by atoms with Gasteiger partial charge in [0.05, 0.1) is 10.7 Å². The number of anilines is 1. The predicted octanol–water partition coefficient (Wildman–Crippen LogP) is 2.33. The van der Waals surface area contributed by atoms with Gasteiger partial charge in [0.2, 0.25) is 5.95 Å². The van der Waals surface area contributed by atoms with Gasteiger partial charge < -0.3 is 5.73 Å². The number of aromatic amines is 1. The number of nitrogen functional groups attached to an aromatic ring is 1. The number of hydrogen-bond acceptors (Lipinski definition) is 3. The van der Waals surface area contributed by atoms with Crippen LogP contribution in [0, 0.1) is 0 Å². The lowest BCUT2D eigenvalue weighted by molar-refractivity contribution is 1.14. The highest BCUT2D eigenvalue weighted by Gasteiger charge is 2.12. The van der Waals surface area contributed by atoms with Crippen LogP contribution < -0.4 is 11.3 Å². The molecule has 0 aliphatic heterocycles. The Labute approximate surface area is 101 Å².